The monoisotopic (exact) mass is 252 g/mol. The molecule has 0 aromatic rings. The summed E-state index contributed by atoms with van der Waals surface area (Å²) in [6.07, 6.45) is 1.39. The molecule has 2 heteroatoms. The molecule has 1 nitrogen and oxygen atoms in total. The number of Topliss-reactive ketones (excluding diaryl/α,β-unsaturated/α-hetero) is 1. The maximum absolute atomic E-state index is 12.2. The standard InChI is InChI=1S/C12H13BrO/c1-12-8-4-2-3-5(6(4)11(12)13)9(12)10(14)7(3)8/h3-9,11H,2H2,1H3/t3-,4-,5-,6+,7+,8+,9-,11-,12+/m0/s1. The van der Waals surface area contributed by atoms with Crippen molar-refractivity contribution in [1.82, 2.24) is 0 Å². The van der Waals surface area contributed by atoms with E-state index in [-0.39, 0.29) is 0 Å². The Hall–Kier alpha value is 0.150. The van der Waals surface area contributed by atoms with Gasteiger partial charge in [0, 0.05) is 16.7 Å². The summed E-state index contributed by atoms with van der Waals surface area (Å²) >= 11 is 3.92. The SMILES string of the molecule is C[C@@]12[C@@H]3[C@H]4C[C@@H]5[C@H]3C(=O)[C@@H]1[C@@H]5[C@@H]4[C@@H]2Br. The highest BCUT2D eigenvalue weighted by molar-refractivity contribution is 9.09. The first-order chi connectivity index (χ1) is 6.67. The van der Waals surface area contributed by atoms with Crippen molar-refractivity contribution in [2.24, 2.45) is 46.8 Å². The van der Waals surface area contributed by atoms with Crippen LogP contribution < -0.4 is 0 Å². The highest BCUT2D eigenvalue weighted by atomic mass is 79.9. The van der Waals surface area contributed by atoms with Crippen molar-refractivity contribution < 1.29 is 4.79 Å². The smallest absolute Gasteiger partial charge is 0.140 e. The van der Waals surface area contributed by atoms with Crippen molar-refractivity contribution in [2.45, 2.75) is 18.2 Å². The van der Waals surface area contributed by atoms with E-state index in [1.165, 1.54) is 6.42 Å². The number of halogens is 1. The normalized spacial score (nSPS) is 80.3. The summed E-state index contributed by atoms with van der Waals surface area (Å²) in [5.41, 5.74) is 0.370. The molecule has 74 valence electrons. The van der Waals surface area contributed by atoms with Gasteiger partial charge >= 0.3 is 0 Å². The summed E-state index contributed by atoms with van der Waals surface area (Å²) in [5.74, 6) is 5.85. The molecule has 6 fully saturated rings. The predicted molar refractivity (Wildman–Crippen MR) is 54.9 cm³/mol. The fourth-order valence-electron chi connectivity index (χ4n) is 6.72. The van der Waals surface area contributed by atoms with Crippen LogP contribution >= 0.6 is 15.9 Å². The molecular formula is C12H13BrO. The van der Waals surface area contributed by atoms with Gasteiger partial charge in [0.25, 0.3) is 0 Å². The average molecular weight is 253 g/mol. The van der Waals surface area contributed by atoms with Gasteiger partial charge in [0.15, 0.2) is 0 Å². The van der Waals surface area contributed by atoms with Crippen molar-refractivity contribution in [3.8, 4) is 0 Å². The second-order valence-corrected chi connectivity index (χ2v) is 7.40. The van der Waals surface area contributed by atoms with Gasteiger partial charge in [-0.15, -0.1) is 0 Å². The molecule has 6 aliphatic carbocycles. The molecule has 6 bridgehead atoms. The van der Waals surface area contributed by atoms with Gasteiger partial charge in [-0.3, -0.25) is 4.79 Å². The molecule has 0 saturated heterocycles. The Morgan fingerprint density at radius 3 is 2.86 bits per heavy atom. The van der Waals surface area contributed by atoms with E-state index in [1.54, 1.807) is 0 Å². The second kappa shape index (κ2) is 1.66. The summed E-state index contributed by atoms with van der Waals surface area (Å²) in [4.78, 5) is 12.9. The van der Waals surface area contributed by atoms with E-state index in [0.29, 0.717) is 27.9 Å². The number of hydrogen-bond donors (Lipinski definition) is 0. The van der Waals surface area contributed by atoms with Crippen LogP contribution in [-0.4, -0.2) is 10.6 Å². The first kappa shape index (κ1) is 7.43. The minimum atomic E-state index is 0.370. The zero-order chi connectivity index (χ0) is 9.40. The molecule has 6 rings (SSSR count). The van der Waals surface area contributed by atoms with Gasteiger partial charge in [-0.1, -0.05) is 22.9 Å². The summed E-state index contributed by atoms with van der Waals surface area (Å²) in [5, 5.41) is 0. The Kier molecular flexibility index (Phi) is 0.883. The van der Waals surface area contributed by atoms with E-state index in [4.69, 9.17) is 0 Å². The molecule has 0 aliphatic heterocycles. The van der Waals surface area contributed by atoms with Gasteiger partial charge in [-0.2, -0.15) is 0 Å². The lowest BCUT2D eigenvalue weighted by Gasteiger charge is -2.38. The molecule has 0 aromatic heterocycles. The van der Waals surface area contributed by atoms with E-state index in [9.17, 15) is 4.79 Å². The maximum Gasteiger partial charge on any atom is 0.140 e. The number of ketones is 1. The Bertz CT molecular complexity index is 390. The molecule has 0 spiro atoms. The third kappa shape index (κ3) is 0.391. The molecule has 0 aromatic carbocycles. The lowest BCUT2D eigenvalue weighted by Crippen LogP contribution is -2.37. The topological polar surface area (TPSA) is 17.1 Å². The van der Waals surface area contributed by atoms with Gasteiger partial charge in [-0.05, 0) is 41.4 Å². The fraction of sp³-hybridized carbons (Fsp3) is 0.917. The van der Waals surface area contributed by atoms with E-state index in [0.717, 1.165) is 29.6 Å². The fourth-order valence-corrected chi connectivity index (χ4v) is 8.05. The first-order valence-corrected chi connectivity index (χ1v) is 6.76. The molecule has 6 saturated carbocycles. The third-order valence-corrected chi connectivity index (χ3v) is 8.22. The molecule has 14 heavy (non-hydrogen) atoms. The minimum absolute atomic E-state index is 0.370. The van der Waals surface area contributed by atoms with Gasteiger partial charge in [0.2, 0.25) is 0 Å². The lowest BCUT2D eigenvalue weighted by atomic mass is 9.64. The van der Waals surface area contributed by atoms with Crippen LogP contribution in [0.4, 0.5) is 0 Å². The molecular weight excluding hydrogens is 240 g/mol. The Labute approximate surface area is 91.8 Å². The van der Waals surface area contributed by atoms with Gasteiger partial charge in [0.1, 0.15) is 5.78 Å². The molecule has 9 atom stereocenters. The van der Waals surface area contributed by atoms with Gasteiger partial charge in [-0.25, -0.2) is 0 Å². The number of alkyl halides is 1. The zero-order valence-electron chi connectivity index (χ0n) is 8.11. The zero-order valence-corrected chi connectivity index (χ0v) is 9.70. The molecule has 0 heterocycles. The van der Waals surface area contributed by atoms with Crippen LogP contribution in [0.3, 0.4) is 0 Å². The molecule has 0 unspecified atom stereocenters. The number of hydrogen-bond acceptors (Lipinski definition) is 1. The third-order valence-electron chi connectivity index (χ3n) is 6.63. The summed E-state index contributed by atoms with van der Waals surface area (Å²) in [6.45, 7) is 2.40. The predicted octanol–water partition coefficient (Wildman–Crippen LogP) is 2.10. The Morgan fingerprint density at radius 1 is 1.36 bits per heavy atom. The maximum atomic E-state index is 12.2. The number of carbonyl (C=O) groups excluding carboxylic acids is 1. The number of carbonyl (C=O) groups is 1. The Balaban J connectivity index is 1.92. The highest BCUT2D eigenvalue weighted by Crippen LogP contribution is 2.86. The Morgan fingerprint density at radius 2 is 2.14 bits per heavy atom. The minimum Gasteiger partial charge on any atom is -0.299 e. The quantitative estimate of drug-likeness (QED) is 0.604. The van der Waals surface area contributed by atoms with Crippen molar-refractivity contribution in [3.05, 3.63) is 0 Å². The van der Waals surface area contributed by atoms with Crippen LogP contribution in [0.25, 0.3) is 0 Å². The van der Waals surface area contributed by atoms with E-state index in [1.807, 2.05) is 0 Å². The highest BCUT2D eigenvalue weighted by Gasteiger charge is 2.87. The summed E-state index contributed by atoms with van der Waals surface area (Å²) in [7, 11) is 0. The van der Waals surface area contributed by atoms with Crippen LogP contribution in [0.2, 0.25) is 0 Å². The van der Waals surface area contributed by atoms with Crippen molar-refractivity contribution >= 4 is 21.7 Å². The van der Waals surface area contributed by atoms with Crippen LogP contribution in [0.1, 0.15) is 13.3 Å². The van der Waals surface area contributed by atoms with Crippen LogP contribution in [0.5, 0.6) is 0 Å². The van der Waals surface area contributed by atoms with Gasteiger partial charge in [0.05, 0.1) is 0 Å². The molecule has 0 amide bonds. The lowest BCUT2D eigenvalue weighted by molar-refractivity contribution is -0.122. The summed E-state index contributed by atoms with van der Waals surface area (Å²) < 4.78 is 0. The molecule has 0 radical (unpaired) electrons. The van der Waals surface area contributed by atoms with Crippen LogP contribution in [-0.2, 0) is 4.79 Å². The largest absolute Gasteiger partial charge is 0.299 e. The van der Waals surface area contributed by atoms with Crippen LogP contribution in [0, 0.1) is 46.8 Å². The average Bonchev–Trinajstić information content (AvgIpc) is 2.81. The van der Waals surface area contributed by atoms with Crippen LogP contribution in [0.15, 0.2) is 0 Å². The van der Waals surface area contributed by atoms with E-state index in [2.05, 4.69) is 22.9 Å². The number of rotatable bonds is 0. The second-order valence-electron chi connectivity index (χ2n) is 6.42. The van der Waals surface area contributed by atoms with Crippen molar-refractivity contribution in [1.29, 1.82) is 0 Å². The summed E-state index contributed by atoms with van der Waals surface area (Å²) in [6, 6.07) is 0. The first-order valence-electron chi connectivity index (χ1n) is 5.85. The van der Waals surface area contributed by atoms with Crippen molar-refractivity contribution in [2.75, 3.05) is 0 Å². The van der Waals surface area contributed by atoms with Gasteiger partial charge < -0.3 is 0 Å². The van der Waals surface area contributed by atoms with Crippen molar-refractivity contribution in [3.63, 3.8) is 0 Å². The molecule has 0 N–H and O–H groups in total. The van der Waals surface area contributed by atoms with E-state index < -0.39 is 0 Å². The van der Waals surface area contributed by atoms with E-state index >= 15 is 0 Å². The molecule has 6 aliphatic rings.